The standard InChI is InChI=1S/C20H25N3O3/c1-15(2)23(14-16-7-5-4-6-8-16)20(25)18-11-17(12-21-13-18)19(24)22-9-10-26-3/h4-8,11-13,15H,9-10,14H2,1-3H3,(H,22,24). The number of methoxy groups -OCH3 is 1. The molecule has 0 aliphatic carbocycles. The smallest absolute Gasteiger partial charge is 0.255 e. The average Bonchev–Trinajstić information content (AvgIpc) is 2.66. The molecule has 1 N–H and O–H groups in total. The zero-order valence-electron chi connectivity index (χ0n) is 15.4. The lowest BCUT2D eigenvalue weighted by Crippen LogP contribution is -2.36. The highest BCUT2D eigenvalue weighted by molar-refractivity contribution is 5.99. The first-order chi connectivity index (χ1) is 12.5. The number of amides is 2. The molecular weight excluding hydrogens is 330 g/mol. The van der Waals surface area contributed by atoms with Gasteiger partial charge in [-0.05, 0) is 25.5 Å². The fourth-order valence-electron chi connectivity index (χ4n) is 2.48. The van der Waals surface area contributed by atoms with E-state index in [4.69, 9.17) is 4.74 Å². The maximum absolute atomic E-state index is 13.0. The zero-order chi connectivity index (χ0) is 18.9. The lowest BCUT2D eigenvalue weighted by Gasteiger charge is -2.27. The van der Waals surface area contributed by atoms with Gasteiger partial charge in [0.15, 0.2) is 0 Å². The summed E-state index contributed by atoms with van der Waals surface area (Å²) in [5.41, 5.74) is 1.81. The summed E-state index contributed by atoms with van der Waals surface area (Å²) >= 11 is 0. The molecule has 6 nitrogen and oxygen atoms in total. The molecule has 1 heterocycles. The van der Waals surface area contributed by atoms with E-state index in [0.29, 0.717) is 30.8 Å². The van der Waals surface area contributed by atoms with Gasteiger partial charge in [-0.1, -0.05) is 30.3 Å². The van der Waals surface area contributed by atoms with Crippen LogP contribution in [0.2, 0.25) is 0 Å². The summed E-state index contributed by atoms with van der Waals surface area (Å²) in [7, 11) is 1.57. The number of carbonyl (C=O) groups is 2. The van der Waals surface area contributed by atoms with Gasteiger partial charge in [0, 0.05) is 38.6 Å². The largest absolute Gasteiger partial charge is 0.383 e. The molecule has 26 heavy (non-hydrogen) atoms. The summed E-state index contributed by atoms with van der Waals surface area (Å²) < 4.78 is 4.91. The molecular formula is C20H25N3O3. The van der Waals surface area contributed by atoms with Crippen LogP contribution < -0.4 is 5.32 Å². The maximum atomic E-state index is 13.0. The molecule has 0 saturated heterocycles. The van der Waals surface area contributed by atoms with Crippen molar-refractivity contribution in [1.29, 1.82) is 0 Å². The number of aromatic nitrogens is 1. The number of ether oxygens (including phenoxy) is 1. The Morgan fingerprint density at radius 1 is 1.15 bits per heavy atom. The lowest BCUT2D eigenvalue weighted by atomic mass is 10.1. The maximum Gasteiger partial charge on any atom is 0.255 e. The molecule has 0 atom stereocenters. The number of hydrogen-bond acceptors (Lipinski definition) is 4. The number of hydrogen-bond donors (Lipinski definition) is 1. The first-order valence-corrected chi connectivity index (χ1v) is 8.60. The molecule has 0 saturated carbocycles. The van der Waals surface area contributed by atoms with Gasteiger partial charge >= 0.3 is 0 Å². The van der Waals surface area contributed by atoms with E-state index < -0.39 is 0 Å². The normalized spacial score (nSPS) is 10.6. The summed E-state index contributed by atoms with van der Waals surface area (Å²) in [5.74, 6) is -0.425. The number of nitrogens with one attached hydrogen (secondary N) is 1. The van der Waals surface area contributed by atoms with Crippen molar-refractivity contribution in [2.45, 2.75) is 26.4 Å². The Hall–Kier alpha value is -2.73. The number of nitrogens with zero attached hydrogens (tertiary/aromatic N) is 2. The summed E-state index contributed by atoms with van der Waals surface area (Å²) in [6.45, 7) is 5.27. The quantitative estimate of drug-likeness (QED) is 0.739. The molecule has 0 aliphatic heterocycles. The van der Waals surface area contributed by atoms with Gasteiger partial charge in [-0.3, -0.25) is 14.6 Å². The van der Waals surface area contributed by atoms with Crippen molar-refractivity contribution in [1.82, 2.24) is 15.2 Å². The van der Waals surface area contributed by atoms with Crippen molar-refractivity contribution < 1.29 is 14.3 Å². The average molecular weight is 355 g/mol. The van der Waals surface area contributed by atoms with Crippen LogP contribution in [0.5, 0.6) is 0 Å². The van der Waals surface area contributed by atoms with Crippen LogP contribution in [-0.2, 0) is 11.3 Å². The Bertz CT molecular complexity index is 732. The Morgan fingerprint density at radius 3 is 2.50 bits per heavy atom. The molecule has 0 bridgehead atoms. The Labute approximate surface area is 154 Å². The molecule has 6 heteroatoms. The second-order valence-corrected chi connectivity index (χ2v) is 6.22. The molecule has 2 rings (SSSR count). The fraction of sp³-hybridized carbons (Fsp3) is 0.350. The number of pyridine rings is 1. The second kappa shape index (κ2) is 9.68. The van der Waals surface area contributed by atoms with Crippen LogP contribution in [0, 0.1) is 0 Å². The Kier molecular flexibility index (Phi) is 7.29. The highest BCUT2D eigenvalue weighted by atomic mass is 16.5. The van der Waals surface area contributed by atoms with Crippen LogP contribution in [0.3, 0.4) is 0 Å². The molecule has 0 unspecified atom stereocenters. The van der Waals surface area contributed by atoms with E-state index in [2.05, 4.69) is 10.3 Å². The van der Waals surface area contributed by atoms with Crippen LogP contribution in [0.25, 0.3) is 0 Å². The van der Waals surface area contributed by atoms with Crippen molar-refractivity contribution in [2.24, 2.45) is 0 Å². The molecule has 0 fully saturated rings. The van der Waals surface area contributed by atoms with E-state index >= 15 is 0 Å². The molecule has 0 radical (unpaired) electrons. The minimum atomic E-state index is -0.275. The van der Waals surface area contributed by atoms with Crippen molar-refractivity contribution in [3.63, 3.8) is 0 Å². The van der Waals surface area contributed by atoms with Gasteiger partial charge in [0.05, 0.1) is 17.7 Å². The van der Waals surface area contributed by atoms with E-state index in [1.165, 1.54) is 12.4 Å². The first kappa shape index (κ1) is 19.6. The lowest BCUT2D eigenvalue weighted by molar-refractivity contribution is 0.0690. The van der Waals surface area contributed by atoms with Crippen LogP contribution in [0.1, 0.15) is 40.1 Å². The number of rotatable bonds is 8. The zero-order valence-corrected chi connectivity index (χ0v) is 15.4. The first-order valence-electron chi connectivity index (χ1n) is 8.60. The van der Waals surface area contributed by atoms with Gasteiger partial charge in [0.25, 0.3) is 11.8 Å². The highest BCUT2D eigenvalue weighted by Gasteiger charge is 2.20. The van der Waals surface area contributed by atoms with Crippen molar-refractivity contribution in [3.8, 4) is 0 Å². The van der Waals surface area contributed by atoms with Gasteiger partial charge in [-0.15, -0.1) is 0 Å². The van der Waals surface area contributed by atoms with Crippen molar-refractivity contribution in [3.05, 3.63) is 65.5 Å². The molecule has 0 aliphatic rings. The predicted octanol–water partition coefficient (Wildman–Crippen LogP) is 2.51. The van der Waals surface area contributed by atoms with Crippen molar-refractivity contribution in [2.75, 3.05) is 20.3 Å². The molecule has 2 amide bonds. The van der Waals surface area contributed by atoms with Gasteiger partial charge in [0.1, 0.15) is 0 Å². The van der Waals surface area contributed by atoms with E-state index in [1.54, 1.807) is 18.1 Å². The molecule has 0 spiro atoms. The van der Waals surface area contributed by atoms with Gasteiger partial charge in [-0.25, -0.2) is 0 Å². The Balaban J connectivity index is 2.15. The summed E-state index contributed by atoms with van der Waals surface area (Å²) in [6, 6.07) is 11.4. The molecule has 138 valence electrons. The van der Waals surface area contributed by atoms with E-state index in [1.807, 2.05) is 44.2 Å². The van der Waals surface area contributed by atoms with E-state index in [0.717, 1.165) is 5.56 Å². The molecule has 2 aromatic rings. The number of benzene rings is 1. The summed E-state index contributed by atoms with van der Waals surface area (Å²) in [5, 5.41) is 2.73. The SMILES string of the molecule is COCCNC(=O)c1cncc(C(=O)N(Cc2ccccc2)C(C)C)c1. The van der Waals surface area contributed by atoms with Gasteiger partial charge in [-0.2, -0.15) is 0 Å². The minimum absolute atomic E-state index is 0.0156. The van der Waals surface area contributed by atoms with Crippen LogP contribution in [-0.4, -0.2) is 48.0 Å². The summed E-state index contributed by atoms with van der Waals surface area (Å²) in [4.78, 5) is 30.9. The summed E-state index contributed by atoms with van der Waals surface area (Å²) in [6.07, 6.45) is 2.95. The van der Waals surface area contributed by atoms with Crippen LogP contribution in [0.15, 0.2) is 48.8 Å². The predicted molar refractivity (Wildman–Crippen MR) is 99.9 cm³/mol. The van der Waals surface area contributed by atoms with Crippen LogP contribution in [0.4, 0.5) is 0 Å². The molecule has 1 aromatic heterocycles. The third kappa shape index (κ3) is 5.39. The minimum Gasteiger partial charge on any atom is -0.383 e. The number of carbonyl (C=O) groups excluding carboxylic acids is 2. The van der Waals surface area contributed by atoms with Gasteiger partial charge in [0.2, 0.25) is 0 Å². The third-order valence-corrected chi connectivity index (χ3v) is 3.92. The third-order valence-electron chi connectivity index (χ3n) is 3.92. The fourth-order valence-corrected chi connectivity index (χ4v) is 2.48. The van der Waals surface area contributed by atoms with Crippen LogP contribution >= 0.6 is 0 Å². The second-order valence-electron chi connectivity index (χ2n) is 6.22. The van der Waals surface area contributed by atoms with E-state index in [-0.39, 0.29) is 17.9 Å². The molecule has 1 aromatic carbocycles. The topological polar surface area (TPSA) is 71.5 Å². The highest BCUT2D eigenvalue weighted by Crippen LogP contribution is 2.14. The van der Waals surface area contributed by atoms with Gasteiger partial charge < -0.3 is 15.0 Å². The monoisotopic (exact) mass is 355 g/mol. The van der Waals surface area contributed by atoms with E-state index in [9.17, 15) is 9.59 Å². The Morgan fingerprint density at radius 2 is 1.85 bits per heavy atom. The van der Waals surface area contributed by atoms with Crippen molar-refractivity contribution >= 4 is 11.8 Å².